The minimum Gasteiger partial charge on any atom is -0.305 e. The van der Waals surface area contributed by atoms with Crippen LogP contribution < -0.4 is 5.32 Å². The molecule has 0 fully saturated rings. The second-order valence-electron chi connectivity index (χ2n) is 4.59. The van der Waals surface area contributed by atoms with Gasteiger partial charge in [0.25, 0.3) is 5.91 Å². The monoisotopic (exact) mass is 442 g/mol. The van der Waals surface area contributed by atoms with E-state index in [0.717, 1.165) is 9.13 Å². The molecule has 0 aromatic heterocycles. The topological polar surface area (TPSA) is 41.5 Å². The molecule has 0 aliphatic carbocycles. The number of nitrogens with one attached hydrogen (secondary N) is 1. The molecule has 1 aliphatic rings. The summed E-state index contributed by atoms with van der Waals surface area (Å²) >= 11 is 14.5. The van der Waals surface area contributed by atoms with Gasteiger partial charge in [-0.2, -0.15) is 0 Å². The summed E-state index contributed by atoms with van der Waals surface area (Å²) in [4.78, 5) is 16.4. The first-order valence-electron chi connectivity index (χ1n) is 6.36. The molecule has 1 heterocycles. The maximum Gasteiger partial charge on any atom is 0.275 e. The fourth-order valence-corrected chi connectivity index (χ4v) is 2.90. The summed E-state index contributed by atoms with van der Waals surface area (Å²) in [5.74, 6) is 0.177. The summed E-state index contributed by atoms with van der Waals surface area (Å²) in [6.07, 6.45) is 1.66. The van der Waals surface area contributed by atoms with Gasteiger partial charge in [0.05, 0.1) is 5.02 Å². The Morgan fingerprint density at radius 2 is 1.86 bits per heavy atom. The van der Waals surface area contributed by atoms with Crippen molar-refractivity contribution in [1.29, 1.82) is 0 Å². The molecular formula is C16H9Cl2IN2O. The molecule has 110 valence electrons. The van der Waals surface area contributed by atoms with E-state index in [2.05, 4.69) is 32.9 Å². The highest BCUT2D eigenvalue weighted by Crippen LogP contribution is 2.24. The molecule has 1 amide bonds. The number of rotatable bonds is 2. The molecule has 0 bridgehead atoms. The summed E-state index contributed by atoms with van der Waals surface area (Å²) < 4.78 is 1.01. The lowest BCUT2D eigenvalue weighted by atomic mass is 10.2. The molecule has 0 radical (unpaired) electrons. The SMILES string of the molecule is O=C1NC(c2cc(I)ccc2Cl)=NC1=Cc1ccccc1Cl. The van der Waals surface area contributed by atoms with Crippen molar-refractivity contribution in [3.05, 3.63) is 72.9 Å². The summed E-state index contributed by atoms with van der Waals surface area (Å²) in [7, 11) is 0. The van der Waals surface area contributed by atoms with Gasteiger partial charge in [0.15, 0.2) is 0 Å². The Balaban J connectivity index is 2.02. The van der Waals surface area contributed by atoms with Gasteiger partial charge in [-0.25, -0.2) is 4.99 Å². The first-order valence-corrected chi connectivity index (χ1v) is 8.20. The quantitative estimate of drug-likeness (QED) is 0.539. The molecule has 1 N–H and O–H groups in total. The maximum absolute atomic E-state index is 12.1. The number of hydrogen-bond donors (Lipinski definition) is 1. The lowest BCUT2D eigenvalue weighted by Crippen LogP contribution is -2.25. The molecule has 22 heavy (non-hydrogen) atoms. The normalized spacial score (nSPS) is 15.9. The molecule has 0 saturated heterocycles. The number of amidine groups is 1. The highest BCUT2D eigenvalue weighted by atomic mass is 127. The van der Waals surface area contributed by atoms with Gasteiger partial charge in [0, 0.05) is 14.2 Å². The van der Waals surface area contributed by atoms with Crippen LogP contribution in [0.1, 0.15) is 11.1 Å². The Morgan fingerprint density at radius 1 is 1.09 bits per heavy atom. The van der Waals surface area contributed by atoms with Gasteiger partial charge in [-0.1, -0.05) is 41.4 Å². The molecule has 2 aromatic rings. The van der Waals surface area contributed by atoms with Crippen LogP contribution in [0.3, 0.4) is 0 Å². The van der Waals surface area contributed by atoms with E-state index in [1.807, 2.05) is 30.3 Å². The first-order chi connectivity index (χ1) is 10.5. The van der Waals surface area contributed by atoms with Crippen molar-refractivity contribution < 1.29 is 4.79 Å². The lowest BCUT2D eigenvalue weighted by molar-refractivity contribution is -0.115. The van der Waals surface area contributed by atoms with Crippen molar-refractivity contribution in [2.45, 2.75) is 0 Å². The largest absolute Gasteiger partial charge is 0.305 e. The van der Waals surface area contributed by atoms with Crippen molar-refractivity contribution in [2.24, 2.45) is 4.99 Å². The highest BCUT2D eigenvalue weighted by Gasteiger charge is 2.23. The fraction of sp³-hybridized carbons (Fsp3) is 0. The molecule has 0 spiro atoms. The molecule has 2 aromatic carbocycles. The standard InChI is InChI=1S/C16H9Cl2IN2O/c17-12-4-2-1-3-9(12)7-14-16(22)21-15(20-14)11-8-10(19)5-6-13(11)18/h1-8H,(H,20,21,22). The van der Waals surface area contributed by atoms with Crippen molar-refractivity contribution >= 4 is 63.6 Å². The fourth-order valence-electron chi connectivity index (χ4n) is 2.01. The van der Waals surface area contributed by atoms with Crippen molar-refractivity contribution in [3.8, 4) is 0 Å². The Morgan fingerprint density at radius 3 is 2.64 bits per heavy atom. The molecule has 0 atom stereocenters. The molecule has 6 heteroatoms. The third kappa shape index (κ3) is 3.19. The number of benzene rings is 2. The van der Waals surface area contributed by atoms with E-state index >= 15 is 0 Å². The Labute approximate surface area is 151 Å². The smallest absolute Gasteiger partial charge is 0.275 e. The summed E-state index contributed by atoms with van der Waals surface area (Å²) in [5.41, 5.74) is 1.75. The number of carbonyl (C=O) groups excluding carboxylic acids is 1. The van der Waals surface area contributed by atoms with Crippen LogP contribution in [0.25, 0.3) is 6.08 Å². The van der Waals surface area contributed by atoms with Crippen LogP contribution in [0.5, 0.6) is 0 Å². The number of hydrogen-bond acceptors (Lipinski definition) is 2. The van der Waals surface area contributed by atoms with E-state index < -0.39 is 0 Å². The van der Waals surface area contributed by atoms with Crippen LogP contribution in [0.4, 0.5) is 0 Å². The molecule has 1 aliphatic heterocycles. The van der Waals surface area contributed by atoms with Gasteiger partial charge in [-0.05, 0) is 58.5 Å². The van der Waals surface area contributed by atoms with Crippen LogP contribution in [0, 0.1) is 3.57 Å². The zero-order chi connectivity index (χ0) is 15.7. The molecule has 3 rings (SSSR count). The average molecular weight is 443 g/mol. The van der Waals surface area contributed by atoms with E-state index in [1.54, 1.807) is 18.2 Å². The van der Waals surface area contributed by atoms with Crippen molar-refractivity contribution in [2.75, 3.05) is 0 Å². The Kier molecular flexibility index (Phi) is 4.52. The van der Waals surface area contributed by atoms with Crippen molar-refractivity contribution in [3.63, 3.8) is 0 Å². The predicted molar refractivity (Wildman–Crippen MR) is 98.3 cm³/mol. The van der Waals surface area contributed by atoms with Crippen molar-refractivity contribution in [1.82, 2.24) is 5.32 Å². The Bertz CT molecular complexity index is 831. The lowest BCUT2D eigenvalue weighted by Gasteiger charge is -2.03. The summed E-state index contributed by atoms with van der Waals surface area (Å²) in [5, 5.41) is 3.85. The van der Waals surface area contributed by atoms with Crippen LogP contribution >= 0.6 is 45.8 Å². The number of halogens is 3. The number of aliphatic imine (C=N–C) groups is 1. The number of nitrogens with zero attached hydrogens (tertiary/aromatic N) is 1. The number of amides is 1. The highest BCUT2D eigenvalue weighted by molar-refractivity contribution is 14.1. The van der Waals surface area contributed by atoms with Crippen LogP contribution in [-0.4, -0.2) is 11.7 Å². The average Bonchev–Trinajstić information content (AvgIpc) is 2.85. The van der Waals surface area contributed by atoms with E-state index in [9.17, 15) is 4.79 Å². The van der Waals surface area contributed by atoms with Gasteiger partial charge in [-0.15, -0.1) is 0 Å². The van der Waals surface area contributed by atoms with Gasteiger partial charge in [0.1, 0.15) is 11.5 Å². The van der Waals surface area contributed by atoms with Gasteiger partial charge in [0.2, 0.25) is 0 Å². The second-order valence-corrected chi connectivity index (χ2v) is 6.65. The van der Waals surface area contributed by atoms with Gasteiger partial charge < -0.3 is 5.32 Å². The summed E-state index contributed by atoms with van der Waals surface area (Å²) in [6.45, 7) is 0. The Hall–Kier alpha value is -1.37. The summed E-state index contributed by atoms with van der Waals surface area (Å²) in [6, 6.07) is 12.8. The van der Waals surface area contributed by atoms with Crippen LogP contribution in [0.2, 0.25) is 10.0 Å². The molecule has 0 saturated carbocycles. The van der Waals surface area contributed by atoms with Gasteiger partial charge >= 0.3 is 0 Å². The van der Waals surface area contributed by atoms with E-state index in [-0.39, 0.29) is 5.91 Å². The van der Waals surface area contributed by atoms with Crippen LogP contribution in [-0.2, 0) is 4.79 Å². The first kappa shape index (κ1) is 15.5. The van der Waals surface area contributed by atoms with E-state index in [4.69, 9.17) is 23.2 Å². The minimum atomic E-state index is -0.273. The zero-order valence-electron chi connectivity index (χ0n) is 11.1. The third-order valence-electron chi connectivity index (χ3n) is 3.08. The van der Waals surface area contributed by atoms with E-state index in [0.29, 0.717) is 27.1 Å². The predicted octanol–water partition coefficient (Wildman–Crippen LogP) is 4.52. The molecular weight excluding hydrogens is 434 g/mol. The number of carbonyl (C=O) groups is 1. The van der Waals surface area contributed by atoms with Crippen LogP contribution in [0.15, 0.2) is 53.2 Å². The van der Waals surface area contributed by atoms with E-state index in [1.165, 1.54) is 0 Å². The third-order valence-corrected chi connectivity index (χ3v) is 4.42. The molecule has 0 unspecified atom stereocenters. The van der Waals surface area contributed by atoms with Gasteiger partial charge in [-0.3, -0.25) is 4.79 Å². The molecule has 3 nitrogen and oxygen atoms in total. The second kappa shape index (κ2) is 6.40. The maximum atomic E-state index is 12.1. The minimum absolute atomic E-state index is 0.273. The zero-order valence-corrected chi connectivity index (χ0v) is 14.8.